The molecule has 35 heavy (non-hydrogen) atoms. The highest BCUT2D eigenvalue weighted by Gasteiger charge is 2.49. The fraction of sp³-hybridized carbons (Fsp3) is 0.286. The molecule has 0 saturated heterocycles. The summed E-state index contributed by atoms with van der Waals surface area (Å²) in [6.07, 6.45) is 5.59. The normalized spacial score (nSPS) is 20.6. The molecule has 2 amide bonds. The van der Waals surface area contributed by atoms with Gasteiger partial charge >= 0.3 is 5.97 Å². The first-order valence-electron chi connectivity index (χ1n) is 12.0. The van der Waals surface area contributed by atoms with Gasteiger partial charge in [0.05, 0.1) is 18.0 Å². The molecule has 2 aliphatic rings. The monoisotopic (exact) mass is 469 g/mol. The number of carboxylic acid groups (broad SMARTS) is 1. The largest absolute Gasteiger partial charge is 0.481 e. The van der Waals surface area contributed by atoms with Gasteiger partial charge in [0.1, 0.15) is 0 Å². The fourth-order valence-electron chi connectivity index (χ4n) is 5.63. The Balaban J connectivity index is 1.63. The number of carbonyl (C=O) groups is 3. The SMILES string of the molecule is O=C(O)CCC(=O)N(c1ccccc1)[C@H]1c2ccccc2N(C(=O)c2cccnc2)[C@@H]2CCC[C@@H]21. The Bertz CT molecular complexity index is 1230. The minimum Gasteiger partial charge on any atom is -0.481 e. The van der Waals surface area contributed by atoms with E-state index < -0.39 is 5.97 Å². The molecule has 1 saturated carbocycles. The quantitative estimate of drug-likeness (QED) is 0.557. The van der Waals surface area contributed by atoms with Crippen molar-refractivity contribution < 1.29 is 19.5 Å². The summed E-state index contributed by atoms with van der Waals surface area (Å²) in [5, 5.41) is 9.22. The molecule has 0 radical (unpaired) electrons. The average Bonchev–Trinajstić information content (AvgIpc) is 3.37. The van der Waals surface area contributed by atoms with E-state index in [1.807, 2.05) is 59.5 Å². The minimum atomic E-state index is -0.998. The van der Waals surface area contributed by atoms with Gasteiger partial charge in [0, 0.05) is 42.1 Å². The molecular formula is C28H27N3O4. The van der Waals surface area contributed by atoms with E-state index >= 15 is 0 Å². The lowest BCUT2D eigenvalue weighted by Gasteiger charge is -2.47. The lowest BCUT2D eigenvalue weighted by molar-refractivity contribution is -0.138. The van der Waals surface area contributed by atoms with Crippen LogP contribution < -0.4 is 9.80 Å². The summed E-state index contributed by atoms with van der Waals surface area (Å²) in [6, 6.07) is 20.4. The van der Waals surface area contributed by atoms with Gasteiger partial charge in [-0.1, -0.05) is 42.8 Å². The van der Waals surface area contributed by atoms with E-state index in [2.05, 4.69) is 4.98 Å². The van der Waals surface area contributed by atoms with Crippen LogP contribution >= 0.6 is 0 Å². The van der Waals surface area contributed by atoms with E-state index in [9.17, 15) is 19.5 Å². The van der Waals surface area contributed by atoms with E-state index in [1.165, 1.54) is 0 Å². The van der Waals surface area contributed by atoms with Crippen LogP contribution in [-0.4, -0.2) is 33.9 Å². The third kappa shape index (κ3) is 4.30. The second-order valence-electron chi connectivity index (χ2n) is 9.08. The Hall–Kier alpha value is -4.00. The van der Waals surface area contributed by atoms with Crippen molar-refractivity contribution in [2.24, 2.45) is 5.92 Å². The van der Waals surface area contributed by atoms with Gasteiger partial charge in [-0.3, -0.25) is 19.4 Å². The van der Waals surface area contributed by atoms with Crippen molar-refractivity contribution in [3.05, 3.63) is 90.3 Å². The zero-order chi connectivity index (χ0) is 24.4. The number of amides is 2. The van der Waals surface area contributed by atoms with Crippen molar-refractivity contribution in [2.45, 2.75) is 44.2 Å². The molecule has 1 aromatic heterocycles. The van der Waals surface area contributed by atoms with Gasteiger partial charge in [0.15, 0.2) is 0 Å². The molecule has 1 fully saturated rings. The van der Waals surface area contributed by atoms with E-state index in [0.29, 0.717) is 5.56 Å². The number of benzene rings is 2. The summed E-state index contributed by atoms with van der Waals surface area (Å²) < 4.78 is 0. The van der Waals surface area contributed by atoms with Crippen molar-refractivity contribution in [1.82, 2.24) is 4.98 Å². The molecule has 3 aromatic rings. The Labute approximate surface area is 204 Å². The molecule has 2 aromatic carbocycles. The van der Waals surface area contributed by atoms with Crippen LogP contribution in [0.4, 0.5) is 11.4 Å². The lowest BCUT2D eigenvalue weighted by Crippen LogP contribution is -2.52. The highest BCUT2D eigenvalue weighted by Crippen LogP contribution is 2.51. The first-order valence-corrected chi connectivity index (χ1v) is 12.0. The molecule has 1 aliphatic heterocycles. The number of rotatable bonds is 6. The fourth-order valence-corrected chi connectivity index (χ4v) is 5.63. The minimum absolute atomic E-state index is 0.0273. The molecule has 1 aliphatic carbocycles. The molecule has 0 bridgehead atoms. The number of para-hydroxylation sites is 2. The molecule has 1 N–H and O–H groups in total. The Kier molecular flexibility index (Phi) is 6.31. The van der Waals surface area contributed by atoms with E-state index in [1.54, 1.807) is 29.4 Å². The molecule has 0 unspecified atom stereocenters. The number of pyridine rings is 1. The number of fused-ring (bicyclic) bond motifs is 2. The predicted molar refractivity (Wildman–Crippen MR) is 132 cm³/mol. The Morgan fingerprint density at radius 1 is 0.943 bits per heavy atom. The van der Waals surface area contributed by atoms with Crippen LogP contribution in [0.2, 0.25) is 0 Å². The molecule has 178 valence electrons. The van der Waals surface area contributed by atoms with Crippen molar-refractivity contribution >= 4 is 29.2 Å². The number of aromatic nitrogens is 1. The van der Waals surface area contributed by atoms with Crippen LogP contribution in [0.25, 0.3) is 0 Å². The number of carboxylic acids is 1. The van der Waals surface area contributed by atoms with Gasteiger partial charge < -0.3 is 14.9 Å². The van der Waals surface area contributed by atoms with Crippen LogP contribution in [-0.2, 0) is 9.59 Å². The zero-order valence-corrected chi connectivity index (χ0v) is 19.3. The van der Waals surface area contributed by atoms with Crippen LogP contribution in [0.5, 0.6) is 0 Å². The van der Waals surface area contributed by atoms with Crippen molar-refractivity contribution in [3.63, 3.8) is 0 Å². The summed E-state index contributed by atoms with van der Waals surface area (Å²) >= 11 is 0. The van der Waals surface area contributed by atoms with Crippen LogP contribution in [0.1, 0.15) is 54.1 Å². The highest BCUT2D eigenvalue weighted by atomic mass is 16.4. The van der Waals surface area contributed by atoms with Gasteiger partial charge in [-0.05, 0) is 48.7 Å². The van der Waals surface area contributed by atoms with Crippen molar-refractivity contribution in [2.75, 3.05) is 9.80 Å². The lowest BCUT2D eigenvalue weighted by atomic mass is 9.81. The van der Waals surface area contributed by atoms with Crippen LogP contribution in [0.15, 0.2) is 79.1 Å². The van der Waals surface area contributed by atoms with E-state index in [4.69, 9.17) is 0 Å². The summed E-state index contributed by atoms with van der Waals surface area (Å²) in [6.45, 7) is 0. The summed E-state index contributed by atoms with van der Waals surface area (Å²) in [5.74, 6) is -1.29. The smallest absolute Gasteiger partial charge is 0.303 e. The number of nitrogens with zero attached hydrogens (tertiary/aromatic N) is 3. The third-order valence-electron chi connectivity index (χ3n) is 7.04. The maximum Gasteiger partial charge on any atom is 0.303 e. The molecule has 2 heterocycles. The van der Waals surface area contributed by atoms with Crippen LogP contribution in [0, 0.1) is 5.92 Å². The Morgan fingerprint density at radius 2 is 1.71 bits per heavy atom. The number of anilines is 2. The van der Waals surface area contributed by atoms with Crippen LogP contribution in [0.3, 0.4) is 0 Å². The number of hydrogen-bond acceptors (Lipinski definition) is 4. The molecule has 5 rings (SSSR count). The van der Waals surface area contributed by atoms with Crippen molar-refractivity contribution in [1.29, 1.82) is 0 Å². The van der Waals surface area contributed by atoms with Crippen molar-refractivity contribution in [3.8, 4) is 0 Å². The third-order valence-corrected chi connectivity index (χ3v) is 7.04. The summed E-state index contributed by atoms with van der Waals surface area (Å²) in [5.41, 5.74) is 2.96. The highest BCUT2D eigenvalue weighted by molar-refractivity contribution is 6.07. The predicted octanol–water partition coefficient (Wildman–Crippen LogP) is 4.85. The second-order valence-corrected chi connectivity index (χ2v) is 9.08. The first kappa shape index (κ1) is 22.8. The summed E-state index contributed by atoms with van der Waals surface area (Å²) in [7, 11) is 0. The number of carbonyl (C=O) groups excluding carboxylic acids is 2. The first-order chi connectivity index (χ1) is 17.1. The summed E-state index contributed by atoms with van der Waals surface area (Å²) in [4.78, 5) is 46.3. The molecule has 7 nitrogen and oxygen atoms in total. The number of hydrogen-bond donors (Lipinski definition) is 1. The second kappa shape index (κ2) is 9.70. The van der Waals surface area contributed by atoms with Gasteiger partial charge in [-0.25, -0.2) is 0 Å². The van der Waals surface area contributed by atoms with E-state index in [0.717, 1.165) is 36.2 Å². The topological polar surface area (TPSA) is 90.8 Å². The van der Waals surface area contributed by atoms with Gasteiger partial charge in [0.2, 0.25) is 5.91 Å². The Morgan fingerprint density at radius 3 is 2.46 bits per heavy atom. The standard InChI is InChI=1S/C28H27N3O4/c32-25(15-16-26(33)34)30(20-9-2-1-3-10-20)27-21-11-4-5-13-23(21)31(24-14-6-12-22(24)27)28(35)19-8-7-17-29-18-19/h1-5,7-11,13,17-18,22,24,27H,6,12,14-16H2,(H,33,34)/t22-,24+,27-/m0/s1. The number of aliphatic carboxylic acids is 1. The van der Waals surface area contributed by atoms with Gasteiger partial charge in [0.25, 0.3) is 5.91 Å². The average molecular weight is 470 g/mol. The van der Waals surface area contributed by atoms with E-state index in [-0.39, 0.29) is 42.7 Å². The molecular weight excluding hydrogens is 442 g/mol. The molecule has 0 spiro atoms. The molecule has 3 atom stereocenters. The molecule has 7 heteroatoms. The maximum atomic E-state index is 13.7. The van der Waals surface area contributed by atoms with Gasteiger partial charge in [-0.15, -0.1) is 0 Å². The van der Waals surface area contributed by atoms with Gasteiger partial charge in [-0.2, -0.15) is 0 Å². The zero-order valence-electron chi connectivity index (χ0n) is 19.3. The maximum absolute atomic E-state index is 13.7.